The van der Waals surface area contributed by atoms with E-state index in [1.54, 1.807) is 0 Å². The summed E-state index contributed by atoms with van der Waals surface area (Å²) in [5.41, 5.74) is 1.40. The number of hydrogen-bond donors (Lipinski definition) is 0. The fraction of sp³-hybridized carbons (Fsp3) is 0.400. The minimum absolute atomic E-state index is 0.0206. The average Bonchev–Trinajstić information content (AvgIpc) is 2.93. The van der Waals surface area contributed by atoms with Gasteiger partial charge in [-0.2, -0.15) is 4.31 Å². The summed E-state index contributed by atoms with van der Waals surface area (Å²) >= 11 is 7.10. The Bertz CT molecular complexity index is 848. The second-order valence-electron chi connectivity index (χ2n) is 5.55. The van der Waals surface area contributed by atoms with Gasteiger partial charge in [0.1, 0.15) is 5.51 Å². The highest BCUT2D eigenvalue weighted by Gasteiger charge is 2.27. The second-order valence-corrected chi connectivity index (χ2v) is 8.70. The van der Waals surface area contributed by atoms with Crippen molar-refractivity contribution >= 4 is 38.9 Å². The van der Waals surface area contributed by atoms with Gasteiger partial charge in [-0.3, -0.25) is 0 Å². The van der Waals surface area contributed by atoms with Crippen LogP contribution in [0.15, 0.2) is 28.6 Å². The molecule has 2 aromatic rings. The number of carbonyl (C=O) groups excluding carboxylic acids is 1. The first kappa shape index (κ1) is 18.2. The lowest BCUT2D eigenvalue weighted by atomic mass is 10.2. The highest BCUT2D eigenvalue weighted by molar-refractivity contribution is 7.89. The predicted molar refractivity (Wildman–Crippen MR) is 93.5 cm³/mol. The lowest BCUT2D eigenvalue weighted by molar-refractivity contribution is 0.0733. The summed E-state index contributed by atoms with van der Waals surface area (Å²) in [5, 5.41) is 7.38. The van der Waals surface area contributed by atoms with E-state index in [4.69, 9.17) is 16.3 Å². The number of sulfonamides is 1. The molecule has 0 amide bonds. The third-order valence-electron chi connectivity index (χ3n) is 3.88. The molecule has 0 bridgehead atoms. The number of hydrogen-bond acceptors (Lipinski definition) is 7. The Hall–Kier alpha value is -1.55. The molecule has 2 heterocycles. The number of halogens is 1. The fourth-order valence-electron chi connectivity index (χ4n) is 2.59. The first-order chi connectivity index (χ1) is 12.0. The Morgan fingerprint density at radius 1 is 1.20 bits per heavy atom. The number of benzene rings is 1. The largest absolute Gasteiger partial charge is 0.393 e. The van der Waals surface area contributed by atoms with Crippen LogP contribution in [0.3, 0.4) is 0 Å². The van der Waals surface area contributed by atoms with Crippen LogP contribution in [0.5, 0.6) is 5.19 Å². The van der Waals surface area contributed by atoms with E-state index in [1.165, 1.54) is 28.0 Å². The molecule has 0 aliphatic carbocycles. The van der Waals surface area contributed by atoms with Gasteiger partial charge in [-0.15, -0.1) is 5.10 Å². The molecule has 134 valence electrons. The van der Waals surface area contributed by atoms with Crippen LogP contribution in [-0.2, 0) is 10.0 Å². The number of aromatic nitrogens is 2. The van der Waals surface area contributed by atoms with Crippen molar-refractivity contribution in [2.45, 2.75) is 30.6 Å². The van der Waals surface area contributed by atoms with Crippen LogP contribution in [0.2, 0.25) is 5.02 Å². The van der Waals surface area contributed by atoms with Gasteiger partial charge in [-0.1, -0.05) is 40.9 Å². The maximum atomic E-state index is 12.9. The van der Waals surface area contributed by atoms with Gasteiger partial charge >= 0.3 is 11.2 Å². The van der Waals surface area contributed by atoms with Crippen molar-refractivity contribution in [3.8, 4) is 5.19 Å². The molecular weight excluding hydrogens is 386 g/mol. The summed E-state index contributed by atoms with van der Waals surface area (Å²) in [5.74, 6) is -0.769. The van der Waals surface area contributed by atoms with E-state index in [0.29, 0.717) is 13.1 Å². The van der Waals surface area contributed by atoms with E-state index in [9.17, 15) is 13.2 Å². The van der Waals surface area contributed by atoms with Gasteiger partial charge in [0.05, 0.1) is 15.5 Å². The summed E-state index contributed by atoms with van der Waals surface area (Å²) < 4.78 is 32.2. The zero-order chi connectivity index (χ0) is 17.9. The minimum atomic E-state index is -3.68. The summed E-state index contributed by atoms with van der Waals surface area (Å²) in [6, 6.07) is 4.05. The van der Waals surface area contributed by atoms with Crippen molar-refractivity contribution in [1.82, 2.24) is 14.5 Å². The highest BCUT2D eigenvalue weighted by Crippen LogP contribution is 2.26. The fourth-order valence-corrected chi connectivity index (χ4v) is 4.74. The Balaban J connectivity index is 1.88. The highest BCUT2D eigenvalue weighted by atomic mass is 35.5. The van der Waals surface area contributed by atoms with Crippen molar-refractivity contribution in [3.63, 3.8) is 0 Å². The lowest BCUT2D eigenvalue weighted by Gasteiger charge is -2.20. The summed E-state index contributed by atoms with van der Waals surface area (Å²) in [4.78, 5) is 12.3. The van der Waals surface area contributed by atoms with Crippen LogP contribution in [0.4, 0.5) is 0 Å². The molecule has 0 spiro atoms. The summed E-state index contributed by atoms with van der Waals surface area (Å²) in [6.45, 7) is 0.963. The molecule has 0 atom stereocenters. The van der Waals surface area contributed by atoms with Crippen LogP contribution in [0, 0.1) is 0 Å². The van der Waals surface area contributed by atoms with Crippen LogP contribution in [-0.4, -0.2) is 42.0 Å². The smallest absolute Gasteiger partial charge is 0.347 e. The van der Waals surface area contributed by atoms with Crippen molar-refractivity contribution < 1.29 is 17.9 Å². The molecule has 1 saturated heterocycles. The second kappa shape index (κ2) is 7.77. The van der Waals surface area contributed by atoms with Crippen molar-refractivity contribution in [2.24, 2.45) is 0 Å². The van der Waals surface area contributed by atoms with Gasteiger partial charge in [0, 0.05) is 13.1 Å². The molecule has 7 nitrogen and oxygen atoms in total. The number of esters is 1. The van der Waals surface area contributed by atoms with Gasteiger partial charge in [0.25, 0.3) is 0 Å². The monoisotopic (exact) mass is 401 g/mol. The molecule has 1 aromatic heterocycles. The molecule has 1 aliphatic heterocycles. The van der Waals surface area contributed by atoms with E-state index in [0.717, 1.165) is 37.0 Å². The molecular formula is C15H16ClN3O4S2. The van der Waals surface area contributed by atoms with Crippen LogP contribution in [0.25, 0.3) is 0 Å². The molecule has 1 aliphatic rings. The SMILES string of the molecule is O=C(Oc1nncs1)c1cc(S(=O)(=O)N2CCCCCC2)ccc1Cl. The number of rotatable bonds is 4. The van der Waals surface area contributed by atoms with Crippen LogP contribution >= 0.6 is 22.9 Å². The van der Waals surface area contributed by atoms with E-state index < -0.39 is 16.0 Å². The van der Waals surface area contributed by atoms with Gasteiger partial charge in [-0.25, -0.2) is 13.2 Å². The minimum Gasteiger partial charge on any atom is -0.393 e. The van der Waals surface area contributed by atoms with Gasteiger partial charge in [0.2, 0.25) is 10.0 Å². The number of ether oxygens (including phenoxy) is 1. The molecule has 1 aromatic carbocycles. The maximum Gasteiger partial charge on any atom is 0.347 e. The standard InChI is InChI=1S/C15H16ClN3O4S2/c16-13-6-5-11(25(21,22)19-7-3-1-2-4-8-19)9-12(13)14(20)23-15-18-17-10-24-15/h5-6,9-10H,1-4,7-8H2. The maximum absolute atomic E-state index is 12.9. The molecule has 25 heavy (non-hydrogen) atoms. The van der Waals surface area contributed by atoms with Crippen molar-refractivity contribution in [1.29, 1.82) is 0 Å². The van der Waals surface area contributed by atoms with Crippen LogP contribution < -0.4 is 4.74 Å². The molecule has 0 radical (unpaired) electrons. The molecule has 3 rings (SSSR count). The Morgan fingerprint density at radius 3 is 2.56 bits per heavy atom. The third kappa shape index (κ3) is 4.17. The third-order valence-corrected chi connectivity index (χ3v) is 6.67. The predicted octanol–water partition coefficient (Wildman–Crippen LogP) is 2.98. The Labute approximate surface area is 154 Å². The normalized spacial score (nSPS) is 16.4. The number of nitrogens with zero attached hydrogens (tertiary/aromatic N) is 3. The van der Waals surface area contributed by atoms with E-state index in [-0.39, 0.29) is 20.7 Å². The van der Waals surface area contributed by atoms with Gasteiger partial charge in [0.15, 0.2) is 0 Å². The first-order valence-electron chi connectivity index (χ1n) is 7.76. The molecule has 0 N–H and O–H groups in total. The average molecular weight is 402 g/mol. The molecule has 1 fully saturated rings. The molecule has 10 heteroatoms. The summed E-state index contributed by atoms with van der Waals surface area (Å²) in [7, 11) is -3.68. The number of carbonyl (C=O) groups is 1. The lowest BCUT2D eigenvalue weighted by Crippen LogP contribution is -2.32. The zero-order valence-electron chi connectivity index (χ0n) is 13.2. The van der Waals surface area contributed by atoms with E-state index >= 15 is 0 Å². The Morgan fingerprint density at radius 2 is 1.92 bits per heavy atom. The summed E-state index contributed by atoms with van der Waals surface area (Å²) in [6.07, 6.45) is 3.70. The van der Waals surface area contributed by atoms with Crippen molar-refractivity contribution in [2.75, 3.05) is 13.1 Å². The topological polar surface area (TPSA) is 89.5 Å². The Kier molecular flexibility index (Phi) is 5.67. The van der Waals surface area contributed by atoms with Gasteiger partial charge in [-0.05, 0) is 31.0 Å². The molecule has 0 unspecified atom stereocenters. The zero-order valence-corrected chi connectivity index (χ0v) is 15.6. The molecule has 0 saturated carbocycles. The van der Waals surface area contributed by atoms with E-state index in [2.05, 4.69) is 10.2 Å². The van der Waals surface area contributed by atoms with Gasteiger partial charge < -0.3 is 4.74 Å². The van der Waals surface area contributed by atoms with Crippen molar-refractivity contribution in [3.05, 3.63) is 34.3 Å². The first-order valence-corrected chi connectivity index (χ1v) is 10.5. The quantitative estimate of drug-likeness (QED) is 0.731. The van der Waals surface area contributed by atoms with E-state index in [1.807, 2.05) is 0 Å². The van der Waals surface area contributed by atoms with Crippen LogP contribution in [0.1, 0.15) is 36.0 Å².